The van der Waals surface area contributed by atoms with Crippen molar-refractivity contribution < 1.29 is 13.2 Å². The Morgan fingerprint density at radius 2 is 2.32 bits per heavy atom. The quantitative estimate of drug-likeness (QED) is 0.870. The van der Waals surface area contributed by atoms with Crippen LogP contribution in [0, 0.1) is 0 Å². The topological polar surface area (TPSA) is 73.2 Å². The van der Waals surface area contributed by atoms with E-state index in [9.17, 15) is 8.42 Å². The third-order valence-corrected chi connectivity index (χ3v) is 6.60. The minimum Gasteiger partial charge on any atom is -0.494 e. The molecule has 0 saturated heterocycles. The molecule has 1 aliphatic rings. The minimum absolute atomic E-state index is 0.221. The highest BCUT2D eigenvalue weighted by atomic mass is 32.2. The first-order valence-corrected chi connectivity index (χ1v) is 9.62. The molecule has 0 amide bonds. The lowest BCUT2D eigenvalue weighted by Gasteiger charge is -2.11. The van der Waals surface area contributed by atoms with Gasteiger partial charge >= 0.3 is 0 Å². The molecule has 2 aromatic rings. The van der Waals surface area contributed by atoms with E-state index in [2.05, 4.69) is 14.3 Å². The van der Waals surface area contributed by atoms with Gasteiger partial charge in [0.05, 0.1) is 12.8 Å². The van der Waals surface area contributed by atoms with Crippen LogP contribution in [-0.2, 0) is 29.4 Å². The molecule has 0 spiro atoms. The van der Waals surface area contributed by atoms with E-state index in [-0.39, 0.29) is 4.21 Å². The van der Waals surface area contributed by atoms with Crippen LogP contribution in [0.1, 0.15) is 24.4 Å². The number of rotatable bonds is 6. The zero-order valence-electron chi connectivity index (χ0n) is 12.4. The van der Waals surface area contributed by atoms with Crippen molar-refractivity contribution in [2.75, 3.05) is 13.7 Å². The molecule has 0 atom stereocenters. The second kappa shape index (κ2) is 6.39. The van der Waals surface area contributed by atoms with E-state index in [1.807, 2.05) is 6.20 Å². The van der Waals surface area contributed by atoms with Crippen molar-refractivity contribution in [2.24, 2.45) is 0 Å². The van der Waals surface area contributed by atoms with E-state index in [0.717, 1.165) is 35.8 Å². The smallest absolute Gasteiger partial charge is 0.253 e. The van der Waals surface area contributed by atoms with Crippen LogP contribution in [0.25, 0.3) is 0 Å². The third-order valence-electron chi connectivity index (χ3n) is 3.69. The molecule has 1 aliphatic heterocycles. The second-order valence-corrected chi connectivity index (χ2v) is 8.10. The second-order valence-electron chi connectivity index (χ2n) is 5.22. The van der Waals surface area contributed by atoms with Crippen LogP contribution >= 0.6 is 11.3 Å². The lowest BCUT2D eigenvalue weighted by atomic mass is 10.2. The number of thiophene rings is 1. The van der Waals surface area contributed by atoms with Crippen molar-refractivity contribution in [3.05, 3.63) is 29.2 Å². The van der Waals surface area contributed by atoms with Gasteiger partial charge in [-0.2, -0.15) is 0 Å². The Morgan fingerprint density at radius 3 is 3.09 bits per heavy atom. The first-order valence-electron chi connectivity index (χ1n) is 7.26. The van der Waals surface area contributed by atoms with Gasteiger partial charge in [-0.05, 0) is 24.3 Å². The molecule has 3 heterocycles. The largest absolute Gasteiger partial charge is 0.494 e. The van der Waals surface area contributed by atoms with Gasteiger partial charge in [0.15, 0.2) is 4.21 Å². The Kier molecular flexibility index (Phi) is 4.51. The van der Waals surface area contributed by atoms with Gasteiger partial charge in [0.2, 0.25) is 0 Å². The number of imidazole rings is 1. The lowest BCUT2D eigenvalue weighted by molar-refractivity contribution is 0.406. The van der Waals surface area contributed by atoms with Gasteiger partial charge in [0.1, 0.15) is 11.6 Å². The third kappa shape index (κ3) is 3.18. The average molecular weight is 341 g/mol. The van der Waals surface area contributed by atoms with Gasteiger partial charge in [-0.3, -0.25) is 0 Å². The maximum Gasteiger partial charge on any atom is 0.253 e. The number of hydrogen-bond acceptors (Lipinski definition) is 5. The van der Waals surface area contributed by atoms with E-state index in [4.69, 9.17) is 4.74 Å². The summed E-state index contributed by atoms with van der Waals surface area (Å²) in [6.45, 7) is 1.35. The monoisotopic (exact) mass is 341 g/mol. The Labute approximate surface area is 134 Å². The number of nitrogens with one attached hydrogen (secondary N) is 1. The zero-order valence-corrected chi connectivity index (χ0v) is 14.0. The predicted molar refractivity (Wildman–Crippen MR) is 84.9 cm³/mol. The standard InChI is InChI=1S/C14H19N3O3S2/c1-20-12-6-9-21-14(12)22(18,19)15-7-5-11-10-17-8-3-2-4-13(17)16-11/h6,9-10,15H,2-5,7-8H2,1H3. The maximum absolute atomic E-state index is 12.3. The van der Waals surface area contributed by atoms with Gasteiger partial charge in [0, 0.05) is 32.1 Å². The average Bonchev–Trinajstić information content (AvgIpc) is 3.13. The van der Waals surface area contributed by atoms with Crippen molar-refractivity contribution in [1.82, 2.24) is 14.3 Å². The molecule has 0 fully saturated rings. The number of ether oxygens (including phenoxy) is 1. The van der Waals surface area contributed by atoms with Crippen molar-refractivity contribution in [1.29, 1.82) is 0 Å². The molecule has 2 aromatic heterocycles. The SMILES string of the molecule is COc1ccsc1S(=O)(=O)NCCc1cn2c(n1)CCCC2. The van der Waals surface area contributed by atoms with Crippen LogP contribution in [0.5, 0.6) is 5.75 Å². The molecule has 1 N–H and O–H groups in total. The summed E-state index contributed by atoms with van der Waals surface area (Å²) in [5.41, 5.74) is 0.942. The van der Waals surface area contributed by atoms with Crippen molar-refractivity contribution in [3.8, 4) is 5.75 Å². The van der Waals surface area contributed by atoms with Crippen molar-refractivity contribution in [2.45, 2.75) is 36.4 Å². The van der Waals surface area contributed by atoms with Gasteiger partial charge in [-0.25, -0.2) is 18.1 Å². The summed E-state index contributed by atoms with van der Waals surface area (Å²) in [5, 5.41) is 1.71. The summed E-state index contributed by atoms with van der Waals surface area (Å²) < 4.78 is 34.6. The van der Waals surface area contributed by atoms with Crippen LogP contribution in [-0.4, -0.2) is 31.6 Å². The molecule has 0 radical (unpaired) electrons. The first-order chi connectivity index (χ1) is 10.6. The number of nitrogens with zero attached hydrogens (tertiary/aromatic N) is 2. The van der Waals surface area contributed by atoms with Crippen LogP contribution in [0.4, 0.5) is 0 Å². The van der Waals surface area contributed by atoms with Crippen molar-refractivity contribution >= 4 is 21.4 Å². The highest BCUT2D eigenvalue weighted by Gasteiger charge is 2.21. The van der Waals surface area contributed by atoms with E-state index >= 15 is 0 Å². The molecule has 120 valence electrons. The zero-order chi connectivity index (χ0) is 15.6. The minimum atomic E-state index is -3.52. The molecule has 0 aliphatic carbocycles. The van der Waals surface area contributed by atoms with E-state index < -0.39 is 10.0 Å². The summed E-state index contributed by atoms with van der Waals surface area (Å²) in [6, 6.07) is 1.66. The number of aryl methyl sites for hydroxylation is 2. The van der Waals surface area contributed by atoms with Gasteiger partial charge in [-0.15, -0.1) is 11.3 Å². The molecule has 8 heteroatoms. The fourth-order valence-corrected chi connectivity index (χ4v) is 4.95. The highest BCUT2D eigenvalue weighted by molar-refractivity contribution is 7.91. The fraction of sp³-hybridized carbons (Fsp3) is 0.500. The molecule has 3 rings (SSSR count). The van der Waals surface area contributed by atoms with Crippen molar-refractivity contribution in [3.63, 3.8) is 0 Å². The van der Waals surface area contributed by atoms with Gasteiger partial charge in [-0.1, -0.05) is 0 Å². The Morgan fingerprint density at radius 1 is 1.45 bits per heavy atom. The molecule has 6 nitrogen and oxygen atoms in total. The highest BCUT2D eigenvalue weighted by Crippen LogP contribution is 2.29. The summed E-state index contributed by atoms with van der Waals surface area (Å²) in [4.78, 5) is 4.57. The van der Waals surface area contributed by atoms with E-state index in [0.29, 0.717) is 18.7 Å². The first kappa shape index (κ1) is 15.5. The molecule has 0 aromatic carbocycles. The molecule has 22 heavy (non-hydrogen) atoms. The van der Waals surface area contributed by atoms with Crippen LogP contribution in [0.3, 0.4) is 0 Å². The maximum atomic E-state index is 12.3. The predicted octanol–water partition coefficient (Wildman–Crippen LogP) is 1.81. The van der Waals surface area contributed by atoms with Gasteiger partial charge < -0.3 is 9.30 Å². The number of aromatic nitrogens is 2. The number of sulfonamides is 1. The molecule has 0 saturated carbocycles. The van der Waals surface area contributed by atoms with Crippen LogP contribution < -0.4 is 9.46 Å². The van der Waals surface area contributed by atoms with Crippen LogP contribution in [0.2, 0.25) is 0 Å². The summed E-state index contributed by atoms with van der Waals surface area (Å²) in [7, 11) is -2.05. The van der Waals surface area contributed by atoms with E-state index in [1.165, 1.54) is 20.0 Å². The summed E-state index contributed by atoms with van der Waals surface area (Å²) in [5.74, 6) is 1.50. The normalized spacial score (nSPS) is 14.8. The van der Waals surface area contributed by atoms with E-state index in [1.54, 1.807) is 11.4 Å². The Bertz CT molecular complexity index is 726. The summed E-state index contributed by atoms with van der Waals surface area (Å²) >= 11 is 1.15. The number of hydrogen-bond donors (Lipinski definition) is 1. The Hall–Kier alpha value is -1.38. The van der Waals surface area contributed by atoms with Gasteiger partial charge in [0.25, 0.3) is 10.0 Å². The molecular formula is C14H19N3O3S2. The molecular weight excluding hydrogens is 322 g/mol. The molecule has 0 bridgehead atoms. The lowest BCUT2D eigenvalue weighted by Crippen LogP contribution is -2.25. The number of fused-ring (bicyclic) bond motifs is 1. The van der Waals surface area contributed by atoms with Crippen LogP contribution in [0.15, 0.2) is 21.9 Å². The molecule has 0 unspecified atom stereocenters. The number of methoxy groups -OCH3 is 1. The Balaban J connectivity index is 1.62. The fourth-order valence-electron chi connectivity index (χ4n) is 2.60. The summed E-state index contributed by atoms with van der Waals surface area (Å²) in [6.07, 6.45) is 6.01.